The van der Waals surface area contributed by atoms with Crippen molar-refractivity contribution in [2.75, 3.05) is 0 Å². The Hall–Kier alpha value is -0.670. The molecule has 0 bridgehead atoms. The van der Waals surface area contributed by atoms with E-state index in [1.807, 2.05) is 29.5 Å². The molecule has 0 aliphatic heterocycles. The molecule has 100 valence electrons. The van der Waals surface area contributed by atoms with Gasteiger partial charge in [0.1, 0.15) is 8.60 Å². The third-order valence-corrected chi connectivity index (χ3v) is 4.71. The number of nitrogens with zero attached hydrogens (tertiary/aromatic N) is 1. The molecule has 0 saturated carbocycles. The first kappa shape index (κ1) is 14.7. The topological polar surface area (TPSA) is 56.3 Å². The van der Waals surface area contributed by atoms with E-state index >= 15 is 0 Å². The van der Waals surface area contributed by atoms with E-state index in [-0.39, 0.29) is 10.6 Å². The second-order valence-electron chi connectivity index (χ2n) is 3.77. The zero-order valence-corrected chi connectivity index (χ0v) is 14.4. The molecule has 1 aromatic carbocycles. The van der Waals surface area contributed by atoms with Gasteiger partial charge in [-0.05, 0) is 69.7 Å². The van der Waals surface area contributed by atoms with Gasteiger partial charge in [0.25, 0.3) is 0 Å². The third kappa shape index (κ3) is 3.67. The van der Waals surface area contributed by atoms with Crippen LogP contribution in [0.2, 0.25) is 0 Å². The van der Waals surface area contributed by atoms with E-state index < -0.39 is 10.1 Å². The van der Waals surface area contributed by atoms with E-state index in [1.54, 1.807) is 24.3 Å². The zero-order chi connectivity index (χ0) is 14.0. The molecule has 4 nitrogen and oxygen atoms in total. The van der Waals surface area contributed by atoms with E-state index in [1.165, 1.54) is 12.1 Å². The molecule has 19 heavy (non-hydrogen) atoms. The van der Waals surface area contributed by atoms with Crippen molar-refractivity contribution in [3.05, 3.63) is 50.3 Å². The first-order chi connectivity index (χ1) is 8.88. The Kier molecular flexibility index (Phi) is 4.46. The van der Waals surface area contributed by atoms with Crippen LogP contribution < -0.4 is 4.18 Å². The van der Waals surface area contributed by atoms with Crippen LogP contribution in [0.25, 0.3) is 0 Å². The van der Waals surface area contributed by atoms with Crippen molar-refractivity contribution in [1.82, 2.24) is 4.98 Å². The molecule has 2 rings (SSSR count). The zero-order valence-electron chi connectivity index (χ0n) is 9.80. The summed E-state index contributed by atoms with van der Waals surface area (Å²) in [5, 5.41) is 0. The highest BCUT2D eigenvalue weighted by Crippen LogP contribution is 2.26. The molecule has 0 radical (unpaired) electrons. The molecule has 1 heterocycles. The van der Waals surface area contributed by atoms with Gasteiger partial charge in [-0.3, -0.25) is 0 Å². The van der Waals surface area contributed by atoms with Crippen molar-refractivity contribution in [2.24, 2.45) is 0 Å². The van der Waals surface area contributed by atoms with E-state index in [0.29, 0.717) is 4.60 Å². The number of aryl methyl sites for hydroxylation is 1. The van der Waals surface area contributed by atoms with Crippen LogP contribution in [0, 0.1) is 10.6 Å². The van der Waals surface area contributed by atoms with Gasteiger partial charge >= 0.3 is 10.1 Å². The van der Waals surface area contributed by atoms with Gasteiger partial charge in [0.15, 0.2) is 10.4 Å². The summed E-state index contributed by atoms with van der Waals surface area (Å²) in [4.78, 5) is 4.19. The Balaban J connectivity index is 2.33. The maximum Gasteiger partial charge on any atom is 0.339 e. The van der Waals surface area contributed by atoms with E-state index in [0.717, 1.165) is 9.26 Å². The van der Waals surface area contributed by atoms with Crippen molar-refractivity contribution in [3.63, 3.8) is 0 Å². The first-order valence-corrected chi connectivity index (χ1v) is 8.50. The van der Waals surface area contributed by atoms with Crippen LogP contribution in [-0.2, 0) is 10.1 Å². The molecule has 2 aromatic rings. The van der Waals surface area contributed by atoms with Crippen molar-refractivity contribution < 1.29 is 12.6 Å². The highest BCUT2D eigenvalue weighted by molar-refractivity contribution is 14.1. The lowest BCUT2D eigenvalue weighted by atomic mass is 10.2. The number of hydrogen-bond donors (Lipinski definition) is 0. The number of aromatic nitrogens is 1. The maximum atomic E-state index is 12.1. The van der Waals surface area contributed by atoms with Gasteiger partial charge in [-0.15, -0.1) is 0 Å². The lowest BCUT2D eigenvalue weighted by Crippen LogP contribution is -2.10. The number of halogens is 2. The fourth-order valence-corrected chi connectivity index (χ4v) is 3.53. The highest BCUT2D eigenvalue weighted by atomic mass is 127. The van der Waals surface area contributed by atoms with E-state index in [4.69, 9.17) is 4.18 Å². The van der Waals surface area contributed by atoms with Crippen LogP contribution in [-0.4, -0.2) is 13.4 Å². The molecule has 0 aliphatic carbocycles. The van der Waals surface area contributed by atoms with Gasteiger partial charge < -0.3 is 4.18 Å². The summed E-state index contributed by atoms with van der Waals surface area (Å²) < 4.78 is 30.3. The number of rotatable bonds is 3. The average Bonchev–Trinajstić information content (AvgIpc) is 2.33. The van der Waals surface area contributed by atoms with E-state index in [9.17, 15) is 8.42 Å². The van der Waals surface area contributed by atoms with Crippen molar-refractivity contribution >= 4 is 48.6 Å². The summed E-state index contributed by atoms with van der Waals surface area (Å²) in [5.74, 6) is 0.168. The second-order valence-corrected chi connectivity index (χ2v) is 7.18. The quantitative estimate of drug-likeness (QED) is 0.405. The molecule has 1 aromatic heterocycles. The number of hydrogen-bond acceptors (Lipinski definition) is 4. The Bertz CT molecular complexity index is 701. The predicted molar refractivity (Wildman–Crippen MR) is 83.6 cm³/mol. The SMILES string of the molecule is Cc1ccc(S(=O)(=O)Oc2ccc(I)nc2Br)cc1. The molecule has 0 N–H and O–H groups in total. The molecule has 0 fully saturated rings. The van der Waals surface area contributed by atoms with Gasteiger partial charge in [-0.25, -0.2) is 4.98 Å². The van der Waals surface area contributed by atoms with Crippen LogP contribution in [0.5, 0.6) is 5.75 Å². The fourth-order valence-electron chi connectivity index (χ4n) is 1.33. The molecule has 0 saturated heterocycles. The number of pyridine rings is 1. The summed E-state index contributed by atoms with van der Waals surface area (Å²) in [6, 6.07) is 9.70. The van der Waals surface area contributed by atoms with Crippen LogP contribution in [0.15, 0.2) is 45.9 Å². The van der Waals surface area contributed by atoms with Crippen LogP contribution >= 0.6 is 38.5 Å². The Morgan fingerprint density at radius 2 is 1.79 bits per heavy atom. The van der Waals surface area contributed by atoms with Crippen LogP contribution in [0.4, 0.5) is 0 Å². The lowest BCUT2D eigenvalue weighted by molar-refractivity contribution is 0.483. The fraction of sp³-hybridized carbons (Fsp3) is 0.0833. The van der Waals surface area contributed by atoms with Crippen molar-refractivity contribution in [2.45, 2.75) is 11.8 Å². The standard InChI is InChI=1S/C12H9BrINO3S/c1-8-2-4-9(5-3-8)19(16,17)18-10-6-7-11(14)15-12(10)13/h2-7H,1H3. The largest absolute Gasteiger partial charge is 0.376 e. The lowest BCUT2D eigenvalue weighted by Gasteiger charge is -2.08. The first-order valence-electron chi connectivity index (χ1n) is 5.22. The average molecular weight is 454 g/mol. The molecule has 0 unspecified atom stereocenters. The minimum atomic E-state index is -3.84. The summed E-state index contributed by atoms with van der Waals surface area (Å²) >= 11 is 5.21. The minimum Gasteiger partial charge on any atom is -0.376 e. The highest BCUT2D eigenvalue weighted by Gasteiger charge is 2.18. The maximum absolute atomic E-state index is 12.1. The Labute approximate surface area is 133 Å². The van der Waals surface area contributed by atoms with Gasteiger partial charge in [0.2, 0.25) is 0 Å². The van der Waals surface area contributed by atoms with Gasteiger partial charge in [-0.1, -0.05) is 17.7 Å². The van der Waals surface area contributed by atoms with Gasteiger partial charge in [0, 0.05) is 0 Å². The van der Waals surface area contributed by atoms with E-state index in [2.05, 4.69) is 20.9 Å². The summed E-state index contributed by atoms with van der Waals surface area (Å²) in [6.45, 7) is 1.89. The summed E-state index contributed by atoms with van der Waals surface area (Å²) in [5.41, 5.74) is 0.982. The predicted octanol–water partition coefficient (Wildman–Crippen LogP) is 3.52. The molecule has 0 spiro atoms. The van der Waals surface area contributed by atoms with Crippen molar-refractivity contribution in [3.8, 4) is 5.75 Å². The summed E-state index contributed by atoms with van der Waals surface area (Å²) in [7, 11) is -3.84. The normalized spacial score (nSPS) is 11.3. The Morgan fingerprint density at radius 1 is 1.16 bits per heavy atom. The van der Waals surface area contributed by atoms with Crippen LogP contribution in [0.3, 0.4) is 0 Å². The second kappa shape index (κ2) is 5.76. The van der Waals surface area contributed by atoms with Crippen molar-refractivity contribution in [1.29, 1.82) is 0 Å². The van der Waals surface area contributed by atoms with Gasteiger partial charge in [0.05, 0.1) is 0 Å². The number of benzene rings is 1. The monoisotopic (exact) mass is 453 g/mol. The van der Waals surface area contributed by atoms with Crippen LogP contribution in [0.1, 0.15) is 5.56 Å². The van der Waals surface area contributed by atoms with Gasteiger partial charge in [-0.2, -0.15) is 8.42 Å². The molecule has 0 amide bonds. The smallest absolute Gasteiger partial charge is 0.339 e. The summed E-state index contributed by atoms with van der Waals surface area (Å²) in [6.07, 6.45) is 0. The molecule has 0 atom stereocenters. The molecular weight excluding hydrogens is 445 g/mol. The Morgan fingerprint density at radius 3 is 2.37 bits per heavy atom. The molecule has 0 aliphatic rings. The molecule has 7 heteroatoms. The third-order valence-electron chi connectivity index (χ3n) is 2.29. The molecular formula is C12H9BrINO3S. The minimum absolute atomic E-state index is 0.114.